The van der Waals surface area contributed by atoms with E-state index in [0.29, 0.717) is 30.2 Å². The third-order valence-corrected chi connectivity index (χ3v) is 6.72. The SMILES string of the molecule is CN1CCN(S(=O)(=O)Cc2ccccc2Cl)CC1c1ccc(F)cc1. The van der Waals surface area contributed by atoms with Crippen LogP contribution in [0.15, 0.2) is 48.5 Å². The minimum absolute atomic E-state index is 0.102. The molecule has 0 spiro atoms. The van der Waals surface area contributed by atoms with Crippen LogP contribution in [0.5, 0.6) is 0 Å². The van der Waals surface area contributed by atoms with Crippen molar-refractivity contribution in [2.45, 2.75) is 11.8 Å². The maximum absolute atomic E-state index is 13.2. The van der Waals surface area contributed by atoms with Crippen molar-refractivity contribution in [3.05, 3.63) is 70.5 Å². The minimum atomic E-state index is -3.48. The van der Waals surface area contributed by atoms with Crippen molar-refractivity contribution in [1.82, 2.24) is 9.21 Å². The van der Waals surface area contributed by atoms with Gasteiger partial charge in [0.05, 0.1) is 5.75 Å². The number of hydrogen-bond acceptors (Lipinski definition) is 3. The zero-order chi connectivity index (χ0) is 18.0. The van der Waals surface area contributed by atoms with E-state index in [-0.39, 0.29) is 17.6 Å². The van der Waals surface area contributed by atoms with Gasteiger partial charge < -0.3 is 0 Å². The van der Waals surface area contributed by atoms with E-state index in [1.165, 1.54) is 16.4 Å². The second-order valence-corrected chi connectivity index (χ2v) is 8.63. The second-order valence-electron chi connectivity index (χ2n) is 6.25. The van der Waals surface area contributed by atoms with Crippen molar-refractivity contribution < 1.29 is 12.8 Å². The molecule has 1 heterocycles. The maximum atomic E-state index is 13.2. The lowest BCUT2D eigenvalue weighted by Gasteiger charge is -2.39. The van der Waals surface area contributed by atoms with Crippen LogP contribution in [0.1, 0.15) is 17.2 Å². The molecule has 0 aliphatic carbocycles. The number of halogens is 2. The fraction of sp³-hybridized carbons (Fsp3) is 0.333. The molecule has 1 aliphatic heterocycles. The molecular weight excluding hydrogens is 363 g/mol. The number of piperazine rings is 1. The van der Waals surface area contributed by atoms with E-state index in [1.807, 2.05) is 7.05 Å². The molecule has 1 fully saturated rings. The summed E-state index contributed by atoms with van der Waals surface area (Å²) in [6.45, 7) is 1.39. The number of likely N-dealkylation sites (N-methyl/N-ethyl adjacent to an activating group) is 1. The normalized spacial score (nSPS) is 19.9. The first-order valence-corrected chi connectivity index (χ1v) is 10.0. The van der Waals surface area contributed by atoms with Crippen LogP contribution < -0.4 is 0 Å². The Morgan fingerprint density at radius 1 is 1.12 bits per heavy atom. The van der Waals surface area contributed by atoms with Crippen molar-refractivity contribution in [1.29, 1.82) is 0 Å². The molecule has 7 heteroatoms. The maximum Gasteiger partial charge on any atom is 0.218 e. The van der Waals surface area contributed by atoms with Gasteiger partial charge in [-0.25, -0.2) is 12.8 Å². The van der Waals surface area contributed by atoms with E-state index in [0.717, 1.165) is 5.56 Å². The number of hydrogen-bond donors (Lipinski definition) is 0. The smallest absolute Gasteiger partial charge is 0.218 e. The summed E-state index contributed by atoms with van der Waals surface area (Å²) >= 11 is 6.11. The van der Waals surface area contributed by atoms with E-state index in [2.05, 4.69) is 4.90 Å². The summed E-state index contributed by atoms with van der Waals surface area (Å²) in [5, 5.41) is 0.454. The molecule has 1 unspecified atom stereocenters. The van der Waals surface area contributed by atoms with Gasteiger partial charge in [-0.2, -0.15) is 4.31 Å². The molecule has 1 saturated heterocycles. The average molecular weight is 383 g/mol. The number of rotatable bonds is 4. The van der Waals surface area contributed by atoms with Crippen molar-refractivity contribution in [2.24, 2.45) is 0 Å². The third-order valence-electron chi connectivity index (χ3n) is 4.55. The lowest BCUT2D eigenvalue weighted by Crippen LogP contribution is -2.49. The quantitative estimate of drug-likeness (QED) is 0.814. The molecule has 0 aromatic heterocycles. The first-order valence-electron chi connectivity index (χ1n) is 8.04. The predicted octanol–water partition coefficient (Wildman–Crippen LogP) is 3.30. The predicted molar refractivity (Wildman–Crippen MR) is 97.4 cm³/mol. The molecular formula is C18H20ClFN2O2S. The van der Waals surface area contributed by atoms with E-state index in [1.54, 1.807) is 36.4 Å². The van der Waals surface area contributed by atoms with Gasteiger partial charge in [0, 0.05) is 30.7 Å². The summed E-state index contributed by atoms with van der Waals surface area (Å²) in [6, 6.07) is 13.1. The first kappa shape index (κ1) is 18.3. The summed E-state index contributed by atoms with van der Waals surface area (Å²) in [5.41, 5.74) is 1.50. The van der Waals surface area contributed by atoms with Crippen LogP contribution in [0.2, 0.25) is 5.02 Å². The summed E-state index contributed by atoms with van der Waals surface area (Å²) in [5.74, 6) is -0.419. The highest BCUT2D eigenvalue weighted by Crippen LogP contribution is 2.27. The Morgan fingerprint density at radius 3 is 2.48 bits per heavy atom. The highest BCUT2D eigenvalue weighted by atomic mass is 35.5. The highest BCUT2D eigenvalue weighted by Gasteiger charge is 2.32. The zero-order valence-electron chi connectivity index (χ0n) is 13.9. The number of nitrogens with zero attached hydrogens (tertiary/aromatic N) is 2. The molecule has 0 amide bonds. The fourth-order valence-corrected chi connectivity index (χ4v) is 4.89. The largest absolute Gasteiger partial charge is 0.297 e. The van der Waals surface area contributed by atoms with E-state index in [9.17, 15) is 12.8 Å². The summed E-state index contributed by atoms with van der Waals surface area (Å²) < 4.78 is 40.3. The zero-order valence-corrected chi connectivity index (χ0v) is 15.5. The van der Waals surface area contributed by atoms with Gasteiger partial charge in [0.1, 0.15) is 5.82 Å². The number of sulfonamides is 1. The molecule has 2 aromatic carbocycles. The van der Waals surface area contributed by atoms with Crippen molar-refractivity contribution >= 4 is 21.6 Å². The van der Waals surface area contributed by atoms with Crippen LogP contribution in [0.4, 0.5) is 4.39 Å². The van der Waals surface area contributed by atoms with Gasteiger partial charge in [0.15, 0.2) is 0 Å². The van der Waals surface area contributed by atoms with Gasteiger partial charge >= 0.3 is 0 Å². The van der Waals surface area contributed by atoms with Gasteiger partial charge in [0.2, 0.25) is 10.0 Å². The molecule has 3 rings (SSSR count). The van der Waals surface area contributed by atoms with Gasteiger partial charge in [-0.1, -0.05) is 41.9 Å². The van der Waals surface area contributed by atoms with Crippen LogP contribution in [0.3, 0.4) is 0 Å². The lowest BCUT2D eigenvalue weighted by atomic mass is 10.0. The van der Waals surface area contributed by atoms with Gasteiger partial charge in [-0.3, -0.25) is 4.90 Å². The number of benzene rings is 2. The Hall–Kier alpha value is -1.47. The van der Waals surface area contributed by atoms with Crippen LogP contribution in [0.25, 0.3) is 0 Å². The van der Waals surface area contributed by atoms with Gasteiger partial charge in [0.25, 0.3) is 0 Å². The molecule has 25 heavy (non-hydrogen) atoms. The van der Waals surface area contributed by atoms with Crippen molar-refractivity contribution in [2.75, 3.05) is 26.7 Å². The molecule has 0 saturated carbocycles. The minimum Gasteiger partial charge on any atom is -0.297 e. The third kappa shape index (κ3) is 4.20. The summed E-state index contributed by atoms with van der Waals surface area (Å²) in [7, 11) is -1.53. The topological polar surface area (TPSA) is 40.6 Å². The van der Waals surface area contributed by atoms with Gasteiger partial charge in [-0.15, -0.1) is 0 Å². The molecule has 0 bridgehead atoms. The monoisotopic (exact) mass is 382 g/mol. The molecule has 1 atom stereocenters. The lowest BCUT2D eigenvalue weighted by molar-refractivity contribution is 0.148. The van der Waals surface area contributed by atoms with Crippen LogP contribution >= 0.6 is 11.6 Å². The first-order chi connectivity index (χ1) is 11.9. The molecule has 134 valence electrons. The average Bonchev–Trinajstić information content (AvgIpc) is 2.58. The van der Waals surface area contributed by atoms with Crippen LogP contribution in [-0.2, 0) is 15.8 Å². The summed E-state index contributed by atoms with van der Waals surface area (Å²) in [4.78, 5) is 2.09. The Bertz CT molecular complexity index is 842. The molecule has 4 nitrogen and oxygen atoms in total. The highest BCUT2D eigenvalue weighted by molar-refractivity contribution is 7.88. The molecule has 1 aliphatic rings. The fourth-order valence-electron chi connectivity index (χ4n) is 3.05. The van der Waals surface area contributed by atoms with Gasteiger partial charge in [-0.05, 0) is 36.4 Å². The Labute approximate surface area is 152 Å². The van der Waals surface area contributed by atoms with Crippen LogP contribution in [0, 0.1) is 5.82 Å². The molecule has 0 radical (unpaired) electrons. The Kier molecular flexibility index (Phi) is 5.43. The van der Waals surface area contributed by atoms with Crippen molar-refractivity contribution in [3.8, 4) is 0 Å². The van der Waals surface area contributed by atoms with Crippen LogP contribution in [-0.4, -0.2) is 44.3 Å². The van der Waals surface area contributed by atoms with Crippen molar-refractivity contribution in [3.63, 3.8) is 0 Å². The molecule has 0 N–H and O–H groups in total. The Morgan fingerprint density at radius 2 is 1.80 bits per heavy atom. The standard InChI is InChI=1S/C18H20ClFN2O2S/c1-21-10-11-22(12-18(21)14-6-8-16(20)9-7-14)25(23,24)13-15-4-2-3-5-17(15)19/h2-9,18H,10-13H2,1H3. The second kappa shape index (κ2) is 7.41. The molecule has 2 aromatic rings. The van der Waals surface area contributed by atoms with E-state index in [4.69, 9.17) is 11.6 Å². The van der Waals surface area contributed by atoms with E-state index < -0.39 is 10.0 Å². The van der Waals surface area contributed by atoms with E-state index >= 15 is 0 Å². The Balaban J connectivity index is 1.80. The summed E-state index contributed by atoms with van der Waals surface area (Å²) in [6.07, 6.45) is 0.